The van der Waals surface area contributed by atoms with E-state index in [9.17, 15) is 0 Å². The fraction of sp³-hybridized carbons (Fsp3) is 0.889. The molecule has 0 bridgehead atoms. The Morgan fingerprint density at radius 3 is 2.82 bits per heavy atom. The highest BCUT2D eigenvalue weighted by molar-refractivity contribution is 4.67. The van der Waals surface area contributed by atoms with Crippen molar-refractivity contribution >= 4 is 0 Å². The summed E-state index contributed by atoms with van der Waals surface area (Å²) >= 11 is 0. The summed E-state index contributed by atoms with van der Waals surface area (Å²) in [6.07, 6.45) is 1.28. The van der Waals surface area contributed by atoms with Crippen LogP contribution in [0.15, 0.2) is 0 Å². The zero-order chi connectivity index (χ0) is 8.27. The lowest BCUT2D eigenvalue weighted by atomic mass is 10.1. The molecule has 1 fully saturated rings. The fourth-order valence-corrected chi connectivity index (χ4v) is 1.80. The second-order valence-electron chi connectivity index (χ2n) is 3.56. The zero-order valence-corrected chi connectivity index (χ0v) is 7.60. The van der Waals surface area contributed by atoms with Gasteiger partial charge in [-0.2, -0.15) is 7.05 Å². The van der Waals surface area contributed by atoms with Crippen molar-refractivity contribution in [3.63, 3.8) is 0 Å². The molecule has 1 aliphatic rings. The molecule has 1 aliphatic heterocycles. The second-order valence-corrected chi connectivity index (χ2v) is 3.56. The van der Waals surface area contributed by atoms with Crippen LogP contribution in [0.25, 0.3) is 0 Å². The molecule has 0 aromatic heterocycles. The first-order chi connectivity index (χ1) is 5.24. The molecule has 1 heterocycles. The average molecular weight is 157 g/mol. The maximum atomic E-state index is 5.38. The van der Waals surface area contributed by atoms with Crippen LogP contribution >= 0.6 is 0 Å². The van der Waals surface area contributed by atoms with E-state index in [4.69, 9.17) is 4.74 Å². The molecule has 0 aliphatic carbocycles. The molecule has 0 spiro atoms. The molecule has 0 radical (unpaired) electrons. The lowest BCUT2D eigenvalue weighted by molar-refractivity contribution is -0.868. The molecule has 11 heavy (non-hydrogen) atoms. The van der Waals surface area contributed by atoms with E-state index in [1.807, 2.05) is 6.92 Å². The third-order valence-electron chi connectivity index (χ3n) is 2.40. The van der Waals surface area contributed by atoms with Gasteiger partial charge in [0.15, 0.2) is 0 Å². The molecular formula is C9H19NO. The molecule has 2 nitrogen and oxygen atoms in total. The van der Waals surface area contributed by atoms with E-state index >= 15 is 0 Å². The Kier molecular flexibility index (Phi) is 3.34. The molecule has 0 amide bonds. The quantitative estimate of drug-likeness (QED) is 0.574. The van der Waals surface area contributed by atoms with Gasteiger partial charge >= 0.3 is 0 Å². The van der Waals surface area contributed by atoms with Crippen LogP contribution in [-0.2, 0) is 4.74 Å². The van der Waals surface area contributed by atoms with Gasteiger partial charge in [0.05, 0.1) is 19.2 Å². The van der Waals surface area contributed by atoms with Gasteiger partial charge in [0.25, 0.3) is 0 Å². The standard InChI is InChI=1S/C9H19NO/c1-4-11-7-9-5-8(2)6-10(9)3/h8-10H,3-7H2,1-2H3/t8-,9+/m1/s1. The third-order valence-corrected chi connectivity index (χ3v) is 2.40. The molecule has 0 aromatic carbocycles. The second kappa shape index (κ2) is 4.07. The highest BCUT2D eigenvalue weighted by atomic mass is 16.5. The van der Waals surface area contributed by atoms with Crippen molar-refractivity contribution in [2.45, 2.75) is 26.3 Å². The molecule has 0 aromatic rings. The van der Waals surface area contributed by atoms with E-state index in [2.05, 4.69) is 14.0 Å². The van der Waals surface area contributed by atoms with Crippen molar-refractivity contribution in [3.8, 4) is 0 Å². The molecule has 1 N–H and O–H groups in total. The number of hydrogen-bond donors (Lipinski definition) is 1. The number of quaternary nitrogens is 1. The van der Waals surface area contributed by atoms with Crippen LogP contribution in [0.2, 0.25) is 0 Å². The predicted octanol–water partition coefficient (Wildman–Crippen LogP) is 0.108. The summed E-state index contributed by atoms with van der Waals surface area (Å²) in [5.41, 5.74) is 0. The lowest BCUT2D eigenvalue weighted by Crippen LogP contribution is -3.09. The number of rotatable bonds is 3. The van der Waals surface area contributed by atoms with Crippen LogP contribution in [0.4, 0.5) is 0 Å². The summed E-state index contributed by atoms with van der Waals surface area (Å²) < 4.78 is 5.38. The average Bonchev–Trinajstić information content (AvgIpc) is 2.26. The van der Waals surface area contributed by atoms with Crippen LogP contribution in [0.1, 0.15) is 20.3 Å². The third kappa shape index (κ3) is 2.46. The summed E-state index contributed by atoms with van der Waals surface area (Å²) in [6, 6.07) is 0.643. The smallest absolute Gasteiger partial charge is 0.0963 e. The lowest BCUT2D eigenvalue weighted by Gasteiger charge is -2.22. The molecule has 2 heteroatoms. The Morgan fingerprint density at radius 1 is 1.64 bits per heavy atom. The summed E-state index contributed by atoms with van der Waals surface area (Å²) in [5, 5.41) is 0. The number of nitrogens with one attached hydrogen (secondary N) is 1. The Balaban J connectivity index is 2.23. The summed E-state index contributed by atoms with van der Waals surface area (Å²) in [5.74, 6) is 0.827. The molecular weight excluding hydrogens is 138 g/mol. The van der Waals surface area contributed by atoms with Crippen LogP contribution < -0.4 is 4.90 Å². The summed E-state index contributed by atoms with van der Waals surface area (Å²) in [4.78, 5) is 1.39. The van der Waals surface area contributed by atoms with Crippen molar-refractivity contribution in [1.29, 1.82) is 0 Å². The fourth-order valence-electron chi connectivity index (χ4n) is 1.80. The van der Waals surface area contributed by atoms with Gasteiger partial charge in [-0.15, -0.1) is 0 Å². The molecule has 3 atom stereocenters. The van der Waals surface area contributed by atoms with Crippen molar-refractivity contribution in [1.82, 2.24) is 0 Å². The first kappa shape index (κ1) is 9.01. The largest absolute Gasteiger partial charge is 0.463 e. The van der Waals surface area contributed by atoms with E-state index in [0.717, 1.165) is 19.1 Å². The van der Waals surface area contributed by atoms with E-state index in [-0.39, 0.29) is 0 Å². The zero-order valence-electron chi connectivity index (χ0n) is 7.60. The van der Waals surface area contributed by atoms with Gasteiger partial charge in [0, 0.05) is 18.9 Å². The first-order valence-electron chi connectivity index (χ1n) is 4.49. The van der Waals surface area contributed by atoms with Gasteiger partial charge in [-0.3, -0.25) is 0 Å². The van der Waals surface area contributed by atoms with Crippen molar-refractivity contribution < 1.29 is 9.64 Å². The summed E-state index contributed by atoms with van der Waals surface area (Å²) in [6.45, 7) is 7.26. The van der Waals surface area contributed by atoms with E-state index < -0.39 is 0 Å². The number of ether oxygens (including phenoxy) is 1. The van der Waals surface area contributed by atoms with Crippen LogP contribution in [0.5, 0.6) is 0 Å². The Morgan fingerprint density at radius 2 is 2.36 bits per heavy atom. The molecule has 1 saturated heterocycles. The van der Waals surface area contributed by atoms with Gasteiger partial charge in [0.1, 0.15) is 0 Å². The van der Waals surface area contributed by atoms with E-state index in [0.29, 0.717) is 6.04 Å². The monoisotopic (exact) mass is 157 g/mol. The first-order valence-corrected chi connectivity index (χ1v) is 4.49. The molecule has 66 valence electrons. The molecule has 0 saturated carbocycles. The predicted molar refractivity (Wildman–Crippen MR) is 45.2 cm³/mol. The summed E-state index contributed by atoms with van der Waals surface area (Å²) in [7, 11) is 4.06. The minimum atomic E-state index is 0.643. The minimum Gasteiger partial charge on any atom is -0.463 e. The van der Waals surface area contributed by atoms with Crippen molar-refractivity contribution in [2.75, 3.05) is 19.8 Å². The molecule has 1 unspecified atom stereocenters. The Bertz CT molecular complexity index is 116. The number of likely N-dealkylation sites (tertiary alicyclic amines) is 1. The van der Waals surface area contributed by atoms with E-state index in [1.54, 1.807) is 0 Å². The van der Waals surface area contributed by atoms with Gasteiger partial charge < -0.3 is 9.64 Å². The van der Waals surface area contributed by atoms with Crippen LogP contribution in [-0.4, -0.2) is 25.8 Å². The van der Waals surface area contributed by atoms with Crippen molar-refractivity contribution in [2.24, 2.45) is 5.92 Å². The Labute approximate surface area is 69.5 Å². The minimum absolute atomic E-state index is 0.643. The normalized spacial score (nSPS) is 37.9. The Hall–Kier alpha value is -0.0800. The van der Waals surface area contributed by atoms with Crippen LogP contribution in [0.3, 0.4) is 0 Å². The van der Waals surface area contributed by atoms with Gasteiger partial charge in [0.2, 0.25) is 0 Å². The van der Waals surface area contributed by atoms with Gasteiger partial charge in [-0.1, -0.05) is 6.92 Å². The maximum Gasteiger partial charge on any atom is 0.0963 e. The van der Waals surface area contributed by atoms with Gasteiger partial charge in [-0.05, 0) is 6.92 Å². The SMILES string of the molecule is [CH2-][NH+]1C[C@H](C)C[C@H]1COCC. The highest BCUT2D eigenvalue weighted by Gasteiger charge is 2.26. The highest BCUT2D eigenvalue weighted by Crippen LogP contribution is 2.08. The van der Waals surface area contributed by atoms with Crippen molar-refractivity contribution in [3.05, 3.63) is 7.05 Å². The molecule has 1 rings (SSSR count). The topological polar surface area (TPSA) is 13.7 Å². The van der Waals surface area contributed by atoms with Crippen LogP contribution in [0, 0.1) is 13.0 Å². The number of hydrogen-bond acceptors (Lipinski definition) is 1. The van der Waals surface area contributed by atoms with Gasteiger partial charge in [-0.25, -0.2) is 0 Å². The van der Waals surface area contributed by atoms with E-state index in [1.165, 1.54) is 17.9 Å². The maximum absolute atomic E-state index is 5.38.